The van der Waals surface area contributed by atoms with Gasteiger partial charge in [-0.05, 0) is 41.5 Å². The van der Waals surface area contributed by atoms with Crippen LogP contribution in [0.5, 0.6) is 0 Å². The van der Waals surface area contributed by atoms with Crippen LogP contribution in [0.2, 0.25) is 0 Å². The third-order valence-corrected chi connectivity index (χ3v) is 1.82. The van der Waals surface area contributed by atoms with E-state index in [1.54, 1.807) is 9.80 Å². The molecule has 2 nitrogen and oxygen atoms in total. The largest absolute Gasteiger partial charge is 0.341 e. The van der Waals surface area contributed by atoms with Crippen molar-refractivity contribution in [3.8, 4) is 0 Å². The molecule has 74 valence electrons. The standard InChI is InChI=1S/C11H20N2/c1-10(2,3)12-7-8-13(9-12)11(4,5)6/h7-8H,1-6H3/i7D,8D. The lowest BCUT2D eigenvalue weighted by Gasteiger charge is -2.36. The van der Waals surface area contributed by atoms with Crippen LogP contribution in [0.25, 0.3) is 0 Å². The molecule has 1 aliphatic rings. The van der Waals surface area contributed by atoms with Crippen LogP contribution in [0.15, 0.2) is 12.4 Å². The van der Waals surface area contributed by atoms with Crippen molar-refractivity contribution in [2.24, 2.45) is 0 Å². The molecule has 0 spiro atoms. The summed E-state index contributed by atoms with van der Waals surface area (Å²) in [5, 5.41) is 0. The molecule has 0 N–H and O–H groups in total. The molecule has 0 amide bonds. The molecule has 2 radical (unpaired) electrons. The van der Waals surface area contributed by atoms with Gasteiger partial charge < -0.3 is 9.80 Å². The molecule has 0 bridgehead atoms. The molecule has 1 rings (SSSR count). The van der Waals surface area contributed by atoms with E-state index in [0.29, 0.717) is 0 Å². The van der Waals surface area contributed by atoms with E-state index < -0.39 is 0 Å². The molecule has 13 heavy (non-hydrogen) atoms. The Kier molecular flexibility index (Phi) is 1.74. The zero-order valence-electron chi connectivity index (χ0n) is 11.4. The van der Waals surface area contributed by atoms with E-state index in [1.165, 1.54) is 0 Å². The molecule has 0 atom stereocenters. The highest BCUT2D eigenvalue weighted by Crippen LogP contribution is 2.27. The van der Waals surface area contributed by atoms with Crippen LogP contribution in [0.3, 0.4) is 0 Å². The van der Waals surface area contributed by atoms with Gasteiger partial charge in [-0.15, -0.1) is 0 Å². The van der Waals surface area contributed by atoms with Gasteiger partial charge in [-0.2, -0.15) is 0 Å². The molecule has 0 saturated heterocycles. The summed E-state index contributed by atoms with van der Waals surface area (Å²) in [5.41, 5.74) is -0.410. The van der Waals surface area contributed by atoms with Gasteiger partial charge in [0, 0.05) is 23.4 Å². The fourth-order valence-corrected chi connectivity index (χ4v) is 0.885. The Morgan fingerprint density at radius 1 is 0.923 bits per heavy atom. The minimum Gasteiger partial charge on any atom is -0.341 e. The second-order valence-corrected chi connectivity index (χ2v) is 5.34. The van der Waals surface area contributed by atoms with Crippen LogP contribution < -0.4 is 0 Å². The Labute approximate surface area is 85.0 Å². The van der Waals surface area contributed by atoms with Gasteiger partial charge in [-0.1, -0.05) is 0 Å². The molecule has 0 saturated carbocycles. The van der Waals surface area contributed by atoms with Gasteiger partial charge in [0.15, 0.2) is 0 Å². The zero-order chi connectivity index (χ0) is 12.0. The average molecular weight is 182 g/mol. The normalized spacial score (nSPS) is 22.3. The minimum atomic E-state index is -0.205. The maximum absolute atomic E-state index is 7.88. The van der Waals surface area contributed by atoms with Gasteiger partial charge >= 0.3 is 0 Å². The Balaban J connectivity index is 2.99. The highest BCUT2D eigenvalue weighted by atomic mass is 15.4. The van der Waals surface area contributed by atoms with E-state index in [9.17, 15) is 0 Å². The highest BCUT2D eigenvalue weighted by molar-refractivity contribution is 5.05. The van der Waals surface area contributed by atoms with Gasteiger partial charge in [0.2, 0.25) is 6.67 Å². The van der Waals surface area contributed by atoms with E-state index in [0.717, 1.165) is 0 Å². The summed E-state index contributed by atoms with van der Waals surface area (Å²) < 4.78 is 15.8. The number of hydrogen-bond donors (Lipinski definition) is 0. The van der Waals surface area contributed by atoms with Crippen LogP contribution in [0.4, 0.5) is 0 Å². The minimum absolute atomic E-state index is 0.205. The van der Waals surface area contributed by atoms with E-state index >= 15 is 0 Å². The Morgan fingerprint density at radius 3 is 1.38 bits per heavy atom. The Hall–Kier alpha value is -0.660. The van der Waals surface area contributed by atoms with Gasteiger partial charge in [-0.25, -0.2) is 0 Å². The summed E-state index contributed by atoms with van der Waals surface area (Å²) >= 11 is 0. The lowest BCUT2D eigenvalue weighted by molar-refractivity contribution is 0.166. The van der Waals surface area contributed by atoms with Crippen molar-refractivity contribution >= 4 is 0 Å². The first-order valence-electron chi connectivity index (χ1n) is 5.59. The molecule has 0 aliphatic carbocycles. The summed E-state index contributed by atoms with van der Waals surface area (Å²) in [4.78, 5) is 3.42. The summed E-state index contributed by atoms with van der Waals surface area (Å²) in [6, 6.07) is 0. The molecule has 0 aromatic carbocycles. The summed E-state index contributed by atoms with van der Waals surface area (Å²) in [5.74, 6) is 0. The number of rotatable bonds is 0. The van der Waals surface area contributed by atoms with E-state index in [-0.39, 0.29) is 23.4 Å². The van der Waals surface area contributed by atoms with Crippen molar-refractivity contribution in [3.05, 3.63) is 19.0 Å². The molecular formula is C11H20N2. The van der Waals surface area contributed by atoms with E-state index in [1.807, 2.05) is 41.5 Å². The fraction of sp³-hybridized carbons (Fsp3) is 0.727. The molecule has 1 heterocycles. The molecule has 0 aromatic rings. The maximum Gasteiger partial charge on any atom is 0.208 e. The van der Waals surface area contributed by atoms with Crippen LogP contribution in [-0.4, -0.2) is 20.9 Å². The van der Waals surface area contributed by atoms with Crippen LogP contribution >= 0.6 is 0 Å². The predicted octanol–water partition coefficient (Wildman–Crippen LogP) is 2.67. The number of hydrogen-bond acceptors (Lipinski definition) is 2. The first-order valence-corrected chi connectivity index (χ1v) is 4.59. The smallest absolute Gasteiger partial charge is 0.208 e. The Morgan fingerprint density at radius 2 is 1.23 bits per heavy atom. The van der Waals surface area contributed by atoms with Crippen LogP contribution in [0, 0.1) is 6.67 Å². The summed E-state index contributed by atoms with van der Waals surface area (Å²) in [6.45, 7) is 15.1. The monoisotopic (exact) mass is 182 g/mol. The lowest BCUT2D eigenvalue weighted by atomic mass is 10.1. The zero-order valence-corrected chi connectivity index (χ0v) is 9.39. The van der Waals surface area contributed by atoms with Crippen molar-refractivity contribution in [1.82, 2.24) is 9.80 Å². The first kappa shape index (κ1) is 7.72. The second-order valence-electron chi connectivity index (χ2n) is 5.34. The topological polar surface area (TPSA) is 6.48 Å². The Bertz CT molecular complexity index is 256. The number of nitrogens with zero attached hydrogens (tertiary/aromatic N) is 2. The van der Waals surface area contributed by atoms with Crippen molar-refractivity contribution in [2.45, 2.75) is 52.6 Å². The fourth-order valence-electron chi connectivity index (χ4n) is 0.885. The highest BCUT2D eigenvalue weighted by Gasteiger charge is 2.30. The van der Waals surface area contributed by atoms with Crippen LogP contribution in [0.1, 0.15) is 44.3 Å². The SMILES string of the molecule is [2H]C1=C([2H])N(C(C)(C)C)[C]N1C(C)(C)C. The van der Waals surface area contributed by atoms with E-state index in [4.69, 9.17) is 2.74 Å². The average Bonchev–Trinajstić information content (AvgIpc) is 2.26. The second kappa shape index (κ2) is 2.93. The quantitative estimate of drug-likeness (QED) is 0.568. The van der Waals surface area contributed by atoms with Crippen molar-refractivity contribution < 1.29 is 2.74 Å². The summed E-state index contributed by atoms with van der Waals surface area (Å²) in [6.07, 6.45) is 0.440. The van der Waals surface area contributed by atoms with Crippen molar-refractivity contribution in [3.63, 3.8) is 0 Å². The maximum atomic E-state index is 7.88. The van der Waals surface area contributed by atoms with Gasteiger partial charge in [-0.3, -0.25) is 0 Å². The van der Waals surface area contributed by atoms with Crippen molar-refractivity contribution in [1.29, 1.82) is 0 Å². The molecule has 0 aromatic heterocycles. The molecule has 0 unspecified atom stereocenters. The third-order valence-electron chi connectivity index (χ3n) is 1.82. The van der Waals surface area contributed by atoms with Gasteiger partial charge in [0.25, 0.3) is 0 Å². The molecule has 0 fully saturated rings. The van der Waals surface area contributed by atoms with Crippen molar-refractivity contribution in [2.75, 3.05) is 0 Å². The molecule has 2 heteroatoms. The third kappa shape index (κ3) is 2.39. The lowest BCUT2D eigenvalue weighted by Crippen LogP contribution is -2.40. The van der Waals surface area contributed by atoms with Gasteiger partial charge in [0.05, 0.1) is 2.74 Å². The van der Waals surface area contributed by atoms with Gasteiger partial charge in [0.1, 0.15) is 0 Å². The van der Waals surface area contributed by atoms with Crippen LogP contribution in [-0.2, 0) is 0 Å². The van der Waals surface area contributed by atoms with E-state index in [2.05, 4.69) is 6.67 Å². The first-order chi connectivity index (χ1) is 6.55. The predicted molar refractivity (Wildman–Crippen MR) is 55.6 cm³/mol. The molecular weight excluding hydrogens is 160 g/mol. The molecule has 1 aliphatic heterocycles. The summed E-state index contributed by atoms with van der Waals surface area (Å²) in [7, 11) is 0.